The molecule has 0 aromatic heterocycles. The van der Waals surface area contributed by atoms with E-state index in [2.05, 4.69) is 195 Å². The van der Waals surface area contributed by atoms with E-state index in [4.69, 9.17) is 0 Å². The number of hydrogen-bond acceptors (Lipinski definition) is 2. The Bertz CT molecular complexity index is 2160. The molecule has 0 radical (unpaired) electrons. The SMILES string of the molecule is CC(C)c1ccc(N(c2ccccc2)c2cc3cccc4cc(N(c5ccccc5)c5ccc(C(C)C)cc5)c5cccc2c5c34)cc1. The van der Waals surface area contributed by atoms with E-state index in [-0.39, 0.29) is 0 Å². The van der Waals surface area contributed by atoms with Crippen molar-refractivity contribution in [1.82, 2.24) is 0 Å². The lowest BCUT2D eigenvalue weighted by Gasteiger charge is -2.30. The van der Waals surface area contributed by atoms with Crippen molar-refractivity contribution in [1.29, 1.82) is 0 Å². The average Bonchev–Trinajstić information content (AvgIpc) is 3.12. The second-order valence-corrected chi connectivity index (χ2v) is 13.4. The predicted molar refractivity (Wildman–Crippen MR) is 208 cm³/mol. The van der Waals surface area contributed by atoms with Crippen LogP contribution in [-0.2, 0) is 0 Å². The second kappa shape index (κ2) is 12.2. The van der Waals surface area contributed by atoms with Crippen molar-refractivity contribution in [3.8, 4) is 0 Å². The van der Waals surface area contributed by atoms with Gasteiger partial charge in [-0.3, -0.25) is 0 Å². The summed E-state index contributed by atoms with van der Waals surface area (Å²) in [6, 6.07) is 58.0. The largest absolute Gasteiger partial charge is 0.310 e. The number of benzene rings is 8. The lowest BCUT2D eigenvalue weighted by Crippen LogP contribution is -2.12. The van der Waals surface area contributed by atoms with E-state index in [1.54, 1.807) is 0 Å². The number of anilines is 6. The molecule has 2 nitrogen and oxygen atoms in total. The van der Waals surface area contributed by atoms with Gasteiger partial charge in [-0.2, -0.15) is 0 Å². The van der Waals surface area contributed by atoms with Gasteiger partial charge in [0.2, 0.25) is 0 Å². The molecule has 2 heteroatoms. The third-order valence-corrected chi connectivity index (χ3v) is 9.73. The van der Waals surface area contributed by atoms with Gasteiger partial charge in [-0.15, -0.1) is 0 Å². The molecule has 8 aromatic rings. The molecule has 0 saturated carbocycles. The summed E-state index contributed by atoms with van der Waals surface area (Å²) < 4.78 is 0. The zero-order valence-electron chi connectivity index (χ0n) is 28.1. The molecule has 0 atom stereocenters. The van der Waals surface area contributed by atoms with E-state index in [0.717, 1.165) is 22.7 Å². The molecule has 0 amide bonds. The van der Waals surface area contributed by atoms with Crippen LogP contribution in [0.1, 0.15) is 50.7 Å². The van der Waals surface area contributed by atoms with Crippen molar-refractivity contribution in [2.75, 3.05) is 9.80 Å². The Morgan fingerprint density at radius 1 is 0.354 bits per heavy atom. The van der Waals surface area contributed by atoms with E-state index < -0.39 is 0 Å². The van der Waals surface area contributed by atoms with Crippen LogP contribution in [0.25, 0.3) is 32.3 Å². The highest BCUT2D eigenvalue weighted by molar-refractivity contribution is 6.29. The lowest BCUT2D eigenvalue weighted by atomic mass is 9.91. The molecule has 8 rings (SSSR count). The quantitative estimate of drug-likeness (QED) is 0.156. The number of nitrogens with zero attached hydrogens (tertiary/aromatic N) is 2. The predicted octanol–water partition coefficient (Wildman–Crippen LogP) is 13.8. The van der Waals surface area contributed by atoms with Gasteiger partial charge >= 0.3 is 0 Å². The van der Waals surface area contributed by atoms with Crippen LogP contribution in [0.2, 0.25) is 0 Å². The van der Waals surface area contributed by atoms with Crippen LogP contribution in [-0.4, -0.2) is 0 Å². The van der Waals surface area contributed by atoms with Gasteiger partial charge in [0.25, 0.3) is 0 Å². The molecule has 0 unspecified atom stereocenters. The Morgan fingerprint density at radius 3 is 1.12 bits per heavy atom. The minimum atomic E-state index is 0.476. The molecule has 0 fully saturated rings. The Morgan fingerprint density at radius 2 is 0.729 bits per heavy atom. The average molecular weight is 621 g/mol. The Labute approximate surface area is 283 Å². The van der Waals surface area contributed by atoms with Gasteiger partial charge in [-0.25, -0.2) is 0 Å². The first kappa shape index (κ1) is 29.8. The van der Waals surface area contributed by atoms with Gasteiger partial charge in [0, 0.05) is 38.9 Å². The van der Waals surface area contributed by atoms with Gasteiger partial charge in [0.05, 0.1) is 11.4 Å². The molecule has 0 N–H and O–H groups in total. The van der Waals surface area contributed by atoms with Crippen LogP contribution in [0, 0.1) is 0 Å². The van der Waals surface area contributed by atoms with Crippen molar-refractivity contribution < 1.29 is 0 Å². The first-order chi connectivity index (χ1) is 23.5. The highest BCUT2D eigenvalue weighted by Crippen LogP contribution is 2.49. The smallest absolute Gasteiger partial charge is 0.0546 e. The van der Waals surface area contributed by atoms with E-state index in [9.17, 15) is 0 Å². The van der Waals surface area contributed by atoms with Crippen molar-refractivity contribution in [2.45, 2.75) is 39.5 Å². The van der Waals surface area contributed by atoms with Gasteiger partial charge in [-0.1, -0.05) is 125 Å². The first-order valence-corrected chi connectivity index (χ1v) is 17.1. The number of para-hydroxylation sites is 2. The zero-order chi connectivity index (χ0) is 32.8. The van der Waals surface area contributed by atoms with Crippen molar-refractivity contribution >= 4 is 66.4 Å². The Balaban J connectivity index is 1.43. The van der Waals surface area contributed by atoms with Crippen LogP contribution in [0.4, 0.5) is 34.1 Å². The third kappa shape index (κ3) is 5.15. The van der Waals surface area contributed by atoms with Gasteiger partial charge in [0.1, 0.15) is 0 Å². The topological polar surface area (TPSA) is 6.48 Å². The van der Waals surface area contributed by atoms with E-state index >= 15 is 0 Å². The minimum absolute atomic E-state index is 0.476. The molecule has 0 aliphatic carbocycles. The first-order valence-electron chi connectivity index (χ1n) is 17.1. The zero-order valence-corrected chi connectivity index (χ0v) is 28.1. The third-order valence-electron chi connectivity index (χ3n) is 9.73. The van der Waals surface area contributed by atoms with E-state index in [0.29, 0.717) is 11.8 Å². The summed E-state index contributed by atoms with van der Waals surface area (Å²) in [4.78, 5) is 4.85. The van der Waals surface area contributed by atoms with Crippen molar-refractivity contribution in [3.63, 3.8) is 0 Å². The number of rotatable bonds is 8. The summed E-state index contributed by atoms with van der Waals surface area (Å²) in [5.41, 5.74) is 9.61. The summed E-state index contributed by atoms with van der Waals surface area (Å²) in [6.45, 7) is 9.00. The minimum Gasteiger partial charge on any atom is -0.310 e. The fraction of sp³-hybridized carbons (Fsp3) is 0.130. The molecule has 0 saturated heterocycles. The van der Waals surface area contributed by atoms with E-state index in [1.807, 2.05) is 0 Å². The van der Waals surface area contributed by atoms with E-state index in [1.165, 1.54) is 54.8 Å². The molecule has 0 aliphatic rings. The normalized spacial score (nSPS) is 11.7. The van der Waals surface area contributed by atoms with Crippen LogP contribution in [0.3, 0.4) is 0 Å². The van der Waals surface area contributed by atoms with Crippen LogP contribution >= 0.6 is 0 Å². The maximum Gasteiger partial charge on any atom is 0.0546 e. The number of hydrogen-bond donors (Lipinski definition) is 0. The lowest BCUT2D eigenvalue weighted by molar-refractivity contribution is 0.866. The maximum atomic E-state index is 2.42. The molecule has 0 spiro atoms. The van der Waals surface area contributed by atoms with Crippen LogP contribution in [0.5, 0.6) is 0 Å². The fourth-order valence-electron chi connectivity index (χ4n) is 7.21. The maximum absolute atomic E-state index is 2.42. The molecule has 234 valence electrons. The van der Waals surface area contributed by atoms with Gasteiger partial charge < -0.3 is 9.80 Å². The standard InChI is InChI=1S/C46H40N2/c1-31(2)33-21-25-39(26-22-33)47(37-15-7-5-8-16-37)43-29-35-13-11-14-36-30-44(42-20-12-19-41(43)46(42)45(35)36)48(38-17-9-6-10-18-38)40-27-23-34(24-28-40)32(3)4/h5-32H,1-4H3. The molecular weight excluding hydrogens is 581 g/mol. The summed E-state index contributed by atoms with van der Waals surface area (Å²) in [6.07, 6.45) is 0. The molecule has 0 aliphatic heterocycles. The molecule has 0 heterocycles. The molecule has 0 bridgehead atoms. The van der Waals surface area contributed by atoms with Crippen molar-refractivity contribution in [3.05, 3.63) is 169 Å². The second-order valence-electron chi connectivity index (χ2n) is 13.4. The Hall–Kier alpha value is -5.60. The molecule has 8 aromatic carbocycles. The Kier molecular flexibility index (Phi) is 7.57. The molecule has 48 heavy (non-hydrogen) atoms. The summed E-state index contributed by atoms with van der Waals surface area (Å²) in [7, 11) is 0. The van der Waals surface area contributed by atoms with Gasteiger partial charge in [-0.05, 0) is 99.8 Å². The highest BCUT2D eigenvalue weighted by Gasteiger charge is 2.23. The fourth-order valence-corrected chi connectivity index (χ4v) is 7.21. The summed E-state index contributed by atoms with van der Waals surface area (Å²) >= 11 is 0. The van der Waals surface area contributed by atoms with Gasteiger partial charge in [0.15, 0.2) is 0 Å². The highest BCUT2D eigenvalue weighted by atomic mass is 15.2. The summed E-state index contributed by atoms with van der Waals surface area (Å²) in [5.74, 6) is 0.952. The van der Waals surface area contributed by atoms with Crippen LogP contribution in [0.15, 0.2) is 158 Å². The summed E-state index contributed by atoms with van der Waals surface area (Å²) in [5, 5.41) is 7.55. The monoisotopic (exact) mass is 620 g/mol. The van der Waals surface area contributed by atoms with Crippen molar-refractivity contribution in [2.24, 2.45) is 0 Å². The molecular formula is C46H40N2. The van der Waals surface area contributed by atoms with Crippen LogP contribution < -0.4 is 9.80 Å².